The van der Waals surface area contributed by atoms with E-state index in [2.05, 4.69) is 10.3 Å². The molecule has 0 amide bonds. The Labute approximate surface area is 171 Å². The summed E-state index contributed by atoms with van der Waals surface area (Å²) < 4.78 is 37.9. The Balaban J connectivity index is 1.42. The first-order valence-corrected chi connectivity index (χ1v) is 11.8. The van der Waals surface area contributed by atoms with E-state index in [-0.39, 0.29) is 10.9 Å². The molecule has 2 aliphatic heterocycles. The zero-order valence-electron chi connectivity index (χ0n) is 16.6. The van der Waals surface area contributed by atoms with E-state index in [1.165, 1.54) is 28.5 Å². The Morgan fingerprint density at radius 1 is 1.14 bits per heavy atom. The second kappa shape index (κ2) is 9.25. The van der Waals surface area contributed by atoms with E-state index >= 15 is 0 Å². The minimum absolute atomic E-state index is 0.232. The van der Waals surface area contributed by atoms with Gasteiger partial charge in [-0.25, -0.2) is 13.4 Å². The lowest BCUT2D eigenvalue weighted by atomic mass is 10.1. The summed E-state index contributed by atoms with van der Waals surface area (Å²) in [6.45, 7) is 4.68. The summed E-state index contributed by atoms with van der Waals surface area (Å²) in [6.07, 6.45) is 7.07. The first-order valence-electron chi connectivity index (χ1n) is 10.4. The smallest absolute Gasteiger partial charge is 0.272 e. The maximum Gasteiger partial charge on any atom is 0.272 e. The third-order valence-corrected chi connectivity index (χ3v) is 7.66. The normalized spacial score (nSPS) is 20.4. The van der Waals surface area contributed by atoms with E-state index < -0.39 is 10.0 Å². The van der Waals surface area contributed by atoms with E-state index in [1.54, 1.807) is 24.6 Å². The fraction of sp³-hybridized carbons (Fsp3) is 0.550. The van der Waals surface area contributed by atoms with Crippen molar-refractivity contribution >= 4 is 15.8 Å². The summed E-state index contributed by atoms with van der Waals surface area (Å²) >= 11 is 0. The number of likely N-dealkylation sites (tertiary alicyclic amines) is 1. The minimum atomic E-state index is -3.49. The van der Waals surface area contributed by atoms with E-state index in [9.17, 15) is 8.42 Å². The Hall–Kier alpha value is -1.94. The Morgan fingerprint density at radius 2 is 1.93 bits per heavy atom. The van der Waals surface area contributed by atoms with Crippen LogP contribution in [-0.4, -0.2) is 58.7 Å². The van der Waals surface area contributed by atoms with Crippen LogP contribution in [0.3, 0.4) is 0 Å². The van der Waals surface area contributed by atoms with Gasteiger partial charge < -0.3 is 14.1 Å². The van der Waals surface area contributed by atoms with E-state index in [1.807, 2.05) is 12.1 Å². The topological polar surface area (TPSA) is 90.4 Å². The van der Waals surface area contributed by atoms with Crippen molar-refractivity contribution < 1.29 is 27.5 Å². The molecule has 3 N–H and O–H groups in total. The number of hydrogen-bond donors (Lipinski definition) is 2. The molecule has 0 spiro atoms. The van der Waals surface area contributed by atoms with Gasteiger partial charge in [-0.3, -0.25) is 5.32 Å². The van der Waals surface area contributed by atoms with Crippen molar-refractivity contribution in [1.82, 2.24) is 4.31 Å². The number of pyridine rings is 1. The fourth-order valence-corrected chi connectivity index (χ4v) is 5.49. The maximum absolute atomic E-state index is 12.7. The molecular formula is C20H30N4O4S+2. The number of morpholine rings is 1. The first-order chi connectivity index (χ1) is 14.1. The predicted octanol–water partition coefficient (Wildman–Crippen LogP) is 0.337. The van der Waals surface area contributed by atoms with Gasteiger partial charge in [-0.2, -0.15) is 4.31 Å². The van der Waals surface area contributed by atoms with Crippen molar-refractivity contribution in [1.29, 1.82) is 0 Å². The number of aromatic amines is 1. The van der Waals surface area contributed by atoms with Crippen LogP contribution in [0.4, 0.5) is 5.82 Å². The number of aromatic nitrogens is 1. The molecule has 2 aromatic rings. The third-order valence-electron chi connectivity index (χ3n) is 5.76. The van der Waals surface area contributed by atoms with Crippen LogP contribution >= 0.6 is 0 Å². The summed E-state index contributed by atoms with van der Waals surface area (Å²) in [4.78, 5) is 4.90. The number of nitrogens with one attached hydrogen (secondary N) is 3. The maximum atomic E-state index is 12.7. The van der Waals surface area contributed by atoms with Gasteiger partial charge in [-0.15, -0.1) is 0 Å². The van der Waals surface area contributed by atoms with Crippen molar-refractivity contribution in [2.24, 2.45) is 0 Å². The third kappa shape index (κ3) is 4.80. The molecule has 2 aromatic heterocycles. The predicted molar refractivity (Wildman–Crippen MR) is 107 cm³/mol. The second-order valence-electron chi connectivity index (χ2n) is 7.62. The van der Waals surface area contributed by atoms with Gasteiger partial charge in [0.25, 0.3) is 5.82 Å². The number of rotatable bonds is 7. The standard InChI is InChI=1S/C20H28N4O4S/c25-29(26,24-10-13-27-14-11-24)17-6-7-20(21-15-17)22-16-18(19-5-4-12-28-19)23-8-2-1-3-9-23/h4-7,12,15,18H,1-3,8-11,13-14,16H2,(H,21,22)/p+2/t18-/m1/s1. The Bertz CT molecular complexity index is 858. The van der Waals surface area contributed by atoms with E-state index in [0.29, 0.717) is 26.3 Å². The molecule has 0 unspecified atom stereocenters. The van der Waals surface area contributed by atoms with Gasteiger partial charge >= 0.3 is 0 Å². The molecule has 29 heavy (non-hydrogen) atoms. The van der Waals surface area contributed by atoms with E-state index in [4.69, 9.17) is 9.15 Å². The van der Waals surface area contributed by atoms with Crippen molar-refractivity contribution in [2.75, 3.05) is 51.3 Å². The van der Waals surface area contributed by atoms with Gasteiger partial charge in [0.15, 0.2) is 11.8 Å². The van der Waals surface area contributed by atoms with Gasteiger partial charge in [0.05, 0.1) is 32.6 Å². The highest BCUT2D eigenvalue weighted by Crippen LogP contribution is 2.17. The lowest BCUT2D eigenvalue weighted by molar-refractivity contribution is -0.935. The highest BCUT2D eigenvalue weighted by molar-refractivity contribution is 7.89. The van der Waals surface area contributed by atoms with Gasteiger partial charge in [0, 0.05) is 19.2 Å². The van der Waals surface area contributed by atoms with Crippen LogP contribution in [0.2, 0.25) is 0 Å². The molecule has 2 aliphatic rings. The summed E-state index contributed by atoms with van der Waals surface area (Å²) in [6, 6.07) is 7.64. The number of nitrogens with zero attached hydrogens (tertiary/aromatic N) is 1. The van der Waals surface area contributed by atoms with Crippen LogP contribution in [-0.2, 0) is 14.8 Å². The lowest BCUT2D eigenvalue weighted by Crippen LogP contribution is -3.13. The second-order valence-corrected chi connectivity index (χ2v) is 9.56. The van der Waals surface area contributed by atoms with Crippen molar-refractivity contribution in [3.05, 3.63) is 42.5 Å². The largest absolute Gasteiger partial charge is 0.463 e. The Morgan fingerprint density at radius 3 is 2.59 bits per heavy atom. The molecule has 158 valence electrons. The summed E-state index contributed by atoms with van der Waals surface area (Å²) in [5.74, 6) is 1.78. The van der Waals surface area contributed by atoms with Crippen LogP contribution in [0.1, 0.15) is 31.1 Å². The minimum Gasteiger partial charge on any atom is -0.463 e. The molecule has 0 saturated carbocycles. The first kappa shape index (κ1) is 20.3. The number of anilines is 1. The van der Waals surface area contributed by atoms with Crippen LogP contribution in [0.25, 0.3) is 0 Å². The summed E-state index contributed by atoms with van der Waals surface area (Å²) in [5.41, 5.74) is 0. The molecule has 1 atom stereocenters. The molecule has 2 fully saturated rings. The van der Waals surface area contributed by atoms with Gasteiger partial charge in [0.2, 0.25) is 10.0 Å². The van der Waals surface area contributed by atoms with Gasteiger partial charge in [0.1, 0.15) is 17.6 Å². The molecule has 0 aliphatic carbocycles. The molecule has 9 heteroatoms. The zero-order valence-corrected chi connectivity index (χ0v) is 17.4. The average Bonchev–Trinajstić information content (AvgIpc) is 3.30. The van der Waals surface area contributed by atoms with E-state index in [0.717, 1.165) is 31.2 Å². The molecule has 4 rings (SSSR count). The molecule has 0 radical (unpaired) electrons. The summed E-state index contributed by atoms with van der Waals surface area (Å²) in [5, 5.41) is 3.42. The molecule has 4 heterocycles. The fourth-order valence-electron chi connectivity index (χ4n) is 4.12. The SMILES string of the molecule is O=S(=O)(c1ccc(NC[C@H](c2ccco2)[NH+]2CCCCC2)[nH+]c1)N1CCOCC1. The van der Waals surface area contributed by atoms with Gasteiger partial charge in [-0.1, -0.05) is 0 Å². The van der Waals surface area contributed by atoms with Crippen LogP contribution in [0.15, 0.2) is 46.0 Å². The molecule has 8 nitrogen and oxygen atoms in total. The molecular weight excluding hydrogens is 392 g/mol. The Kier molecular flexibility index (Phi) is 6.49. The average molecular weight is 423 g/mol. The number of piperidine rings is 1. The van der Waals surface area contributed by atoms with Crippen LogP contribution in [0.5, 0.6) is 0 Å². The van der Waals surface area contributed by atoms with Crippen LogP contribution < -0.4 is 15.2 Å². The summed E-state index contributed by atoms with van der Waals surface area (Å²) in [7, 11) is -3.49. The monoisotopic (exact) mass is 422 g/mol. The van der Waals surface area contributed by atoms with Crippen molar-refractivity contribution in [3.63, 3.8) is 0 Å². The lowest BCUT2D eigenvalue weighted by Gasteiger charge is -2.29. The number of furan rings is 1. The number of sulfonamides is 1. The molecule has 2 saturated heterocycles. The molecule has 0 aromatic carbocycles. The van der Waals surface area contributed by atoms with Gasteiger partial charge in [-0.05, 0) is 37.5 Å². The quantitative estimate of drug-likeness (QED) is 0.672. The molecule has 0 bridgehead atoms. The van der Waals surface area contributed by atoms with Crippen LogP contribution in [0, 0.1) is 0 Å². The number of quaternary nitrogens is 1. The zero-order chi connectivity index (χ0) is 20.1. The highest BCUT2D eigenvalue weighted by atomic mass is 32.2. The number of hydrogen-bond acceptors (Lipinski definition) is 5. The van der Waals surface area contributed by atoms with Crippen molar-refractivity contribution in [3.8, 4) is 0 Å². The number of ether oxygens (including phenoxy) is 1. The number of H-pyrrole nitrogens is 1. The highest BCUT2D eigenvalue weighted by Gasteiger charge is 2.30. The van der Waals surface area contributed by atoms with Crippen molar-refractivity contribution in [2.45, 2.75) is 30.2 Å².